The summed E-state index contributed by atoms with van der Waals surface area (Å²) in [6, 6.07) is 3.50. The maximum Gasteiger partial charge on any atom is 0.254 e. The summed E-state index contributed by atoms with van der Waals surface area (Å²) in [6.07, 6.45) is 3.78. The molecule has 19 heavy (non-hydrogen) atoms. The number of amides is 1. The molecular weight excluding hydrogens is 242 g/mol. The van der Waals surface area contributed by atoms with Crippen molar-refractivity contribution in [1.82, 2.24) is 15.2 Å². The summed E-state index contributed by atoms with van der Waals surface area (Å²) in [6.45, 7) is 5.72. The minimum atomic E-state index is -0.242. The second-order valence-electron chi connectivity index (χ2n) is 5.29. The standard InChI is InChI=1S/C14H21N3O2/c1-10(2)17(9-12-4-3-6-15-12)14(19)11-5-7-16-13(18)8-11/h5,7-8,10,12,15H,3-4,6,9H2,1-2H3,(H,16,18). The fourth-order valence-electron chi connectivity index (χ4n) is 2.42. The first kappa shape index (κ1) is 13.8. The number of hydrogen-bond donors (Lipinski definition) is 2. The van der Waals surface area contributed by atoms with Crippen molar-refractivity contribution in [2.75, 3.05) is 13.1 Å². The molecule has 5 nitrogen and oxygen atoms in total. The first-order valence-corrected chi connectivity index (χ1v) is 6.81. The molecule has 5 heteroatoms. The third-order valence-corrected chi connectivity index (χ3v) is 3.49. The zero-order chi connectivity index (χ0) is 13.8. The average molecular weight is 263 g/mol. The highest BCUT2D eigenvalue weighted by atomic mass is 16.2. The molecule has 2 heterocycles. The monoisotopic (exact) mass is 263 g/mol. The van der Waals surface area contributed by atoms with Crippen molar-refractivity contribution in [1.29, 1.82) is 0 Å². The van der Waals surface area contributed by atoms with Gasteiger partial charge in [0.05, 0.1) is 0 Å². The number of carbonyl (C=O) groups is 1. The Morgan fingerprint density at radius 3 is 2.89 bits per heavy atom. The van der Waals surface area contributed by atoms with E-state index in [9.17, 15) is 9.59 Å². The second kappa shape index (κ2) is 6.02. The van der Waals surface area contributed by atoms with Gasteiger partial charge in [0.2, 0.25) is 5.56 Å². The third-order valence-electron chi connectivity index (χ3n) is 3.49. The molecule has 0 aliphatic carbocycles. The van der Waals surface area contributed by atoms with E-state index < -0.39 is 0 Å². The van der Waals surface area contributed by atoms with Crippen molar-refractivity contribution >= 4 is 5.91 Å². The van der Waals surface area contributed by atoms with Crippen molar-refractivity contribution in [2.24, 2.45) is 0 Å². The molecule has 1 atom stereocenters. The average Bonchev–Trinajstić information content (AvgIpc) is 2.87. The van der Waals surface area contributed by atoms with Crippen LogP contribution in [0.4, 0.5) is 0 Å². The van der Waals surface area contributed by atoms with Crippen molar-refractivity contribution < 1.29 is 4.79 Å². The molecule has 0 radical (unpaired) electrons. The van der Waals surface area contributed by atoms with Crippen LogP contribution in [-0.2, 0) is 0 Å². The summed E-state index contributed by atoms with van der Waals surface area (Å²) in [5.41, 5.74) is 0.212. The number of pyridine rings is 1. The molecule has 0 aromatic carbocycles. The van der Waals surface area contributed by atoms with E-state index in [1.165, 1.54) is 12.3 Å². The van der Waals surface area contributed by atoms with E-state index in [1.807, 2.05) is 18.7 Å². The summed E-state index contributed by atoms with van der Waals surface area (Å²) < 4.78 is 0. The van der Waals surface area contributed by atoms with Gasteiger partial charge in [-0.15, -0.1) is 0 Å². The van der Waals surface area contributed by atoms with Gasteiger partial charge in [-0.1, -0.05) is 0 Å². The van der Waals surface area contributed by atoms with Crippen LogP contribution in [0, 0.1) is 0 Å². The topological polar surface area (TPSA) is 65.2 Å². The number of H-pyrrole nitrogens is 1. The Hall–Kier alpha value is -1.62. The Kier molecular flexibility index (Phi) is 4.37. The molecule has 104 valence electrons. The first-order valence-electron chi connectivity index (χ1n) is 6.81. The number of aromatic amines is 1. The van der Waals surface area contributed by atoms with Crippen molar-refractivity contribution in [3.63, 3.8) is 0 Å². The number of rotatable bonds is 4. The van der Waals surface area contributed by atoms with E-state index in [0.717, 1.165) is 19.4 Å². The van der Waals surface area contributed by atoms with Gasteiger partial charge in [-0.25, -0.2) is 0 Å². The Balaban J connectivity index is 2.13. The Labute approximate surface area is 113 Å². The zero-order valence-corrected chi connectivity index (χ0v) is 11.5. The molecule has 0 spiro atoms. The van der Waals surface area contributed by atoms with Gasteiger partial charge in [0.15, 0.2) is 0 Å². The van der Waals surface area contributed by atoms with Crippen molar-refractivity contribution in [2.45, 2.75) is 38.8 Å². The molecule has 1 aliphatic heterocycles. The normalized spacial score (nSPS) is 18.8. The van der Waals surface area contributed by atoms with Crippen LogP contribution in [0.25, 0.3) is 0 Å². The van der Waals surface area contributed by atoms with Crippen LogP contribution in [0.5, 0.6) is 0 Å². The molecule has 1 aromatic rings. The molecule has 1 fully saturated rings. The molecule has 1 amide bonds. The molecule has 0 saturated carbocycles. The first-order chi connectivity index (χ1) is 9.08. The predicted octanol–water partition coefficient (Wildman–Crippen LogP) is 0.978. The number of aromatic nitrogens is 1. The Bertz CT molecular complexity index is 489. The fourth-order valence-corrected chi connectivity index (χ4v) is 2.42. The molecular formula is C14H21N3O2. The van der Waals surface area contributed by atoms with Gasteiger partial charge >= 0.3 is 0 Å². The third kappa shape index (κ3) is 3.44. The van der Waals surface area contributed by atoms with Crippen LogP contribution in [0.2, 0.25) is 0 Å². The lowest BCUT2D eigenvalue weighted by molar-refractivity contribution is 0.0689. The SMILES string of the molecule is CC(C)N(CC1CCCN1)C(=O)c1cc[nH]c(=O)c1. The summed E-state index contributed by atoms with van der Waals surface area (Å²) in [5, 5.41) is 3.40. The van der Waals surface area contributed by atoms with E-state index in [2.05, 4.69) is 10.3 Å². The molecule has 2 rings (SSSR count). The van der Waals surface area contributed by atoms with Gasteiger partial charge in [0.1, 0.15) is 0 Å². The van der Waals surface area contributed by atoms with Crippen LogP contribution in [0.1, 0.15) is 37.0 Å². The van der Waals surface area contributed by atoms with Gasteiger partial charge < -0.3 is 15.2 Å². The smallest absolute Gasteiger partial charge is 0.254 e. The Morgan fingerprint density at radius 2 is 2.32 bits per heavy atom. The lowest BCUT2D eigenvalue weighted by atomic mass is 10.1. The van der Waals surface area contributed by atoms with Gasteiger partial charge in [-0.2, -0.15) is 0 Å². The summed E-state index contributed by atoms with van der Waals surface area (Å²) in [5.74, 6) is -0.0743. The lowest BCUT2D eigenvalue weighted by Gasteiger charge is -2.29. The molecule has 2 N–H and O–H groups in total. The van der Waals surface area contributed by atoms with E-state index >= 15 is 0 Å². The quantitative estimate of drug-likeness (QED) is 0.851. The molecule has 1 saturated heterocycles. The van der Waals surface area contributed by atoms with Gasteiger partial charge in [-0.05, 0) is 39.3 Å². The zero-order valence-electron chi connectivity index (χ0n) is 11.5. The summed E-state index contributed by atoms with van der Waals surface area (Å²) in [4.78, 5) is 28.1. The van der Waals surface area contributed by atoms with Gasteiger partial charge in [0, 0.05) is 36.5 Å². The van der Waals surface area contributed by atoms with E-state index in [1.54, 1.807) is 6.07 Å². The van der Waals surface area contributed by atoms with Crippen LogP contribution >= 0.6 is 0 Å². The van der Waals surface area contributed by atoms with Crippen LogP contribution in [0.15, 0.2) is 23.1 Å². The lowest BCUT2D eigenvalue weighted by Crippen LogP contribution is -2.45. The van der Waals surface area contributed by atoms with E-state index in [-0.39, 0.29) is 17.5 Å². The summed E-state index contributed by atoms with van der Waals surface area (Å²) in [7, 11) is 0. The van der Waals surface area contributed by atoms with E-state index in [4.69, 9.17) is 0 Å². The highest BCUT2D eigenvalue weighted by Gasteiger charge is 2.24. The maximum absolute atomic E-state index is 12.5. The second-order valence-corrected chi connectivity index (χ2v) is 5.29. The van der Waals surface area contributed by atoms with Gasteiger partial charge in [0.25, 0.3) is 5.91 Å². The van der Waals surface area contributed by atoms with Crippen molar-refractivity contribution in [3.05, 3.63) is 34.2 Å². The minimum absolute atomic E-state index is 0.0743. The highest BCUT2D eigenvalue weighted by Crippen LogP contribution is 2.12. The highest BCUT2D eigenvalue weighted by molar-refractivity contribution is 5.94. The Morgan fingerprint density at radius 1 is 1.53 bits per heavy atom. The molecule has 0 bridgehead atoms. The van der Waals surface area contributed by atoms with Crippen LogP contribution in [-0.4, -0.2) is 41.0 Å². The molecule has 1 aromatic heterocycles. The predicted molar refractivity (Wildman–Crippen MR) is 74.3 cm³/mol. The molecule has 1 unspecified atom stereocenters. The van der Waals surface area contributed by atoms with Crippen molar-refractivity contribution in [3.8, 4) is 0 Å². The molecule has 1 aliphatic rings. The fraction of sp³-hybridized carbons (Fsp3) is 0.571. The van der Waals surface area contributed by atoms with Crippen LogP contribution < -0.4 is 10.9 Å². The number of carbonyl (C=O) groups excluding carboxylic acids is 1. The number of hydrogen-bond acceptors (Lipinski definition) is 3. The number of nitrogens with zero attached hydrogens (tertiary/aromatic N) is 1. The van der Waals surface area contributed by atoms with E-state index in [0.29, 0.717) is 18.2 Å². The largest absolute Gasteiger partial charge is 0.335 e. The minimum Gasteiger partial charge on any atom is -0.335 e. The maximum atomic E-state index is 12.5. The van der Waals surface area contributed by atoms with Crippen LogP contribution in [0.3, 0.4) is 0 Å². The summed E-state index contributed by atoms with van der Waals surface area (Å²) >= 11 is 0. The number of nitrogens with one attached hydrogen (secondary N) is 2. The van der Waals surface area contributed by atoms with Gasteiger partial charge in [-0.3, -0.25) is 9.59 Å².